The summed E-state index contributed by atoms with van der Waals surface area (Å²) in [7, 11) is 0. The smallest absolute Gasteiger partial charge is 0.224 e. The summed E-state index contributed by atoms with van der Waals surface area (Å²) < 4.78 is 26.6. The van der Waals surface area contributed by atoms with Crippen LogP contribution in [-0.2, 0) is 4.79 Å². The Hall–Kier alpha value is -1.49. The van der Waals surface area contributed by atoms with Gasteiger partial charge in [0.15, 0.2) is 0 Å². The molecular weight excluding hydrogens is 250 g/mol. The fraction of sp³-hybridized carbons (Fsp3) is 0.500. The van der Waals surface area contributed by atoms with Gasteiger partial charge < -0.3 is 10.6 Å². The van der Waals surface area contributed by atoms with E-state index in [1.807, 2.05) is 6.92 Å². The Balaban J connectivity index is 2.66. The highest BCUT2D eigenvalue weighted by atomic mass is 19.1. The third-order valence-electron chi connectivity index (χ3n) is 2.93. The number of carbonyl (C=O) groups excluding carboxylic acids is 1. The van der Waals surface area contributed by atoms with Crippen molar-refractivity contribution in [1.29, 1.82) is 0 Å². The average Bonchev–Trinajstić information content (AvgIpc) is 2.38. The molecule has 1 rings (SSSR count). The summed E-state index contributed by atoms with van der Waals surface area (Å²) in [4.78, 5) is 11.9. The molecule has 1 amide bonds. The molecule has 5 heteroatoms. The monoisotopic (exact) mass is 270 g/mol. The van der Waals surface area contributed by atoms with Gasteiger partial charge in [-0.05, 0) is 31.7 Å². The van der Waals surface area contributed by atoms with Crippen LogP contribution in [0.4, 0.5) is 8.78 Å². The van der Waals surface area contributed by atoms with Crippen molar-refractivity contribution >= 4 is 5.91 Å². The lowest BCUT2D eigenvalue weighted by Gasteiger charge is -2.18. The summed E-state index contributed by atoms with van der Waals surface area (Å²) in [5.41, 5.74) is 0.156. The minimum absolute atomic E-state index is 0.156. The van der Waals surface area contributed by atoms with Gasteiger partial charge in [-0.15, -0.1) is 0 Å². The van der Waals surface area contributed by atoms with E-state index in [0.29, 0.717) is 6.54 Å². The fourth-order valence-electron chi connectivity index (χ4n) is 1.73. The number of amides is 1. The molecule has 0 bridgehead atoms. The van der Waals surface area contributed by atoms with Crippen LogP contribution in [-0.4, -0.2) is 19.0 Å². The lowest BCUT2D eigenvalue weighted by atomic mass is 10.1. The highest BCUT2D eigenvalue weighted by Gasteiger charge is 2.18. The van der Waals surface area contributed by atoms with E-state index < -0.39 is 17.7 Å². The van der Waals surface area contributed by atoms with Gasteiger partial charge in [-0.1, -0.05) is 13.8 Å². The molecule has 0 aliphatic rings. The molecule has 0 aliphatic heterocycles. The Labute approximate surface area is 112 Å². The fourth-order valence-corrected chi connectivity index (χ4v) is 1.73. The van der Waals surface area contributed by atoms with Crippen LogP contribution < -0.4 is 10.6 Å². The average molecular weight is 270 g/mol. The first kappa shape index (κ1) is 15.6. The summed E-state index contributed by atoms with van der Waals surface area (Å²) >= 11 is 0. The molecule has 2 unspecified atom stereocenters. The molecule has 0 fully saturated rings. The number of hydrogen-bond donors (Lipinski definition) is 2. The molecule has 2 N–H and O–H groups in total. The Kier molecular flexibility index (Phi) is 5.89. The van der Waals surface area contributed by atoms with Gasteiger partial charge in [0.05, 0.1) is 6.04 Å². The third-order valence-corrected chi connectivity index (χ3v) is 2.93. The van der Waals surface area contributed by atoms with Crippen molar-refractivity contribution in [3.8, 4) is 0 Å². The van der Waals surface area contributed by atoms with E-state index in [1.54, 1.807) is 13.8 Å². The van der Waals surface area contributed by atoms with Crippen LogP contribution in [0.1, 0.15) is 32.4 Å². The summed E-state index contributed by atoms with van der Waals surface area (Å²) in [6.07, 6.45) is 0. The summed E-state index contributed by atoms with van der Waals surface area (Å²) in [5, 5.41) is 5.75. The van der Waals surface area contributed by atoms with Crippen LogP contribution >= 0.6 is 0 Å². The maximum Gasteiger partial charge on any atom is 0.224 e. The van der Waals surface area contributed by atoms with Crippen molar-refractivity contribution in [1.82, 2.24) is 10.6 Å². The molecule has 1 aromatic rings. The summed E-state index contributed by atoms with van der Waals surface area (Å²) in [6.45, 7) is 6.71. The quantitative estimate of drug-likeness (QED) is 0.833. The second-order valence-corrected chi connectivity index (χ2v) is 4.60. The van der Waals surface area contributed by atoms with Crippen molar-refractivity contribution in [3.63, 3.8) is 0 Å². The van der Waals surface area contributed by atoms with Crippen molar-refractivity contribution < 1.29 is 13.6 Å². The number of carbonyl (C=O) groups is 1. The molecule has 0 heterocycles. The summed E-state index contributed by atoms with van der Waals surface area (Å²) in [6, 6.07) is 2.67. The van der Waals surface area contributed by atoms with Gasteiger partial charge in [-0.25, -0.2) is 8.78 Å². The minimum atomic E-state index is -0.563. The third kappa shape index (κ3) is 4.59. The lowest BCUT2D eigenvalue weighted by Crippen LogP contribution is -2.36. The zero-order valence-electron chi connectivity index (χ0n) is 11.5. The van der Waals surface area contributed by atoms with Crippen LogP contribution in [0, 0.1) is 17.6 Å². The van der Waals surface area contributed by atoms with Gasteiger partial charge in [0, 0.05) is 18.0 Å². The highest BCUT2D eigenvalue weighted by molar-refractivity contribution is 5.78. The first-order valence-electron chi connectivity index (χ1n) is 6.41. The van der Waals surface area contributed by atoms with Crippen LogP contribution in [0.5, 0.6) is 0 Å². The van der Waals surface area contributed by atoms with Crippen LogP contribution in [0.25, 0.3) is 0 Å². The number of hydrogen-bond acceptors (Lipinski definition) is 2. The number of nitrogens with one attached hydrogen (secondary N) is 2. The van der Waals surface area contributed by atoms with E-state index in [0.717, 1.165) is 24.7 Å². The van der Waals surface area contributed by atoms with Crippen molar-refractivity contribution in [2.24, 2.45) is 5.92 Å². The maximum absolute atomic E-state index is 13.5. The van der Waals surface area contributed by atoms with Crippen molar-refractivity contribution in [2.45, 2.75) is 26.8 Å². The Morgan fingerprint density at radius 2 is 2.00 bits per heavy atom. The Morgan fingerprint density at radius 1 is 1.32 bits per heavy atom. The standard InChI is InChI=1S/C14H20F2N2O/c1-4-17-8-9(2)14(19)18-10(3)12-7-11(15)5-6-13(12)16/h5-7,9-10,17H,4,8H2,1-3H3,(H,18,19). The highest BCUT2D eigenvalue weighted by Crippen LogP contribution is 2.18. The second kappa shape index (κ2) is 7.19. The maximum atomic E-state index is 13.5. The molecule has 0 spiro atoms. The van der Waals surface area contributed by atoms with E-state index in [4.69, 9.17) is 0 Å². The van der Waals surface area contributed by atoms with Gasteiger partial charge >= 0.3 is 0 Å². The Morgan fingerprint density at radius 3 is 2.63 bits per heavy atom. The largest absolute Gasteiger partial charge is 0.349 e. The van der Waals surface area contributed by atoms with Gasteiger partial charge in [0.2, 0.25) is 5.91 Å². The van der Waals surface area contributed by atoms with E-state index in [1.165, 1.54) is 0 Å². The number of rotatable bonds is 6. The van der Waals surface area contributed by atoms with Crippen molar-refractivity contribution in [2.75, 3.05) is 13.1 Å². The van der Waals surface area contributed by atoms with Crippen LogP contribution in [0.3, 0.4) is 0 Å². The second-order valence-electron chi connectivity index (χ2n) is 4.60. The zero-order chi connectivity index (χ0) is 14.4. The normalized spacial score (nSPS) is 13.9. The zero-order valence-corrected chi connectivity index (χ0v) is 11.5. The molecule has 106 valence electrons. The van der Waals surface area contributed by atoms with E-state index in [2.05, 4.69) is 10.6 Å². The molecule has 2 atom stereocenters. The molecule has 19 heavy (non-hydrogen) atoms. The first-order chi connectivity index (χ1) is 8.95. The van der Waals surface area contributed by atoms with Crippen molar-refractivity contribution in [3.05, 3.63) is 35.4 Å². The van der Waals surface area contributed by atoms with Gasteiger partial charge in [0.1, 0.15) is 11.6 Å². The molecule has 3 nitrogen and oxygen atoms in total. The Bertz CT molecular complexity index is 437. The van der Waals surface area contributed by atoms with Crippen LogP contribution in [0.15, 0.2) is 18.2 Å². The van der Waals surface area contributed by atoms with E-state index in [-0.39, 0.29) is 17.4 Å². The number of benzene rings is 1. The van der Waals surface area contributed by atoms with Gasteiger partial charge in [-0.3, -0.25) is 4.79 Å². The lowest BCUT2D eigenvalue weighted by molar-refractivity contribution is -0.125. The van der Waals surface area contributed by atoms with Gasteiger partial charge in [0.25, 0.3) is 0 Å². The molecule has 0 saturated heterocycles. The first-order valence-corrected chi connectivity index (χ1v) is 6.41. The SMILES string of the molecule is CCNCC(C)C(=O)NC(C)c1cc(F)ccc1F. The molecule has 0 saturated carbocycles. The molecule has 0 radical (unpaired) electrons. The molecule has 0 aliphatic carbocycles. The van der Waals surface area contributed by atoms with E-state index in [9.17, 15) is 13.6 Å². The van der Waals surface area contributed by atoms with E-state index >= 15 is 0 Å². The predicted molar refractivity (Wildman–Crippen MR) is 70.6 cm³/mol. The number of halogens is 2. The van der Waals surface area contributed by atoms with Crippen LogP contribution in [0.2, 0.25) is 0 Å². The minimum Gasteiger partial charge on any atom is -0.349 e. The van der Waals surface area contributed by atoms with Gasteiger partial charge in [-0.2, -0.15) is 0 Å². The molecular formula is C14H20F2N2O. The molecule has 1 aromatic carbocycles. The summed E-state index contributed by atoms with van der Waals surface area (Å²) in [5.74, 6) is -1.44. The predicted octanol–water partition coefficient (Wildman–Crippen LogP) is 2.39. The topological polar surface area (TPSA) is 41.1 Å². The molecule has 0 aromatic heterocycles.